The number of alkyl halides is 12. The molecule has 0 bridgehead atoms. The standard InChI is InChI=1S/2C21H17F6.C2H7Si.2ClH.Zr/c2*1-3-12-7-14-6-5-13(4-2)19(18(14)8-12)15-9-16(20(22,23)24)11-17(10-15)21(25,26)27;1-3-2;;;/h2*5-11H,3-4H2,1-2H3;3H,1-2H3;2*1H;/q;;;;;+2/p-2. The number of hydrogen-bond acceptors (Lipinski definition) is 0. The molecule has 4 aromatic rings. The molecular weight excluding hydrogens is 947 g/mol. The van der Waals surface area contributed by atoms with Crippen molar-refractivity contribution in [2.24, 2.45) is 0 Å². The Morgan fingerprint density at radius 1 is 0.483 bits per heavy atom. The molecule has 0 saturated carbocycles. The van der Waals surface area contributed by atoms with E-state index in [1.54, 1.807) is 50.3 Å². The van der Waals surface area contributed by atoms with Crippen LogP contribution in [0.1, 0.15) is 103 Å². The molecule has 2 aliphatic carbocycles. The summed E-state index contributed by atoms with van der Waals surface area (Å²) in [5.41, 5.74) is -1.46. The van der Waals surface area contributed by atoms with E-state index in [2.05, 4.69) is 0 Å². The van der Waals surface area contributed by atoms with Crippen molar-refractivity contribution >= 4 is 35.1 Å². The fourth-order valence-corrected chi connectivity index (χ4v) is 41.1. The first-order valence-electron chi connectivity index (χ1n) is 19.5. The van der Waals surface area contributed by atoms with Crippen LogP contribution in [0.15, 0.2) is 71.8 Å². The van der Waals surface area contributed by atoms with E-state index >= 15 is 0 Å². The maximum absolute atomic E-state index is 14.2. The summed E-state index contributed by atoms with van der Waals surface area (Å²) < 4.78 is 169. The zero-order chi connectivity index (χ0) is 44.7. The Balaban J connectivity index is 1.66. The van der Waals surface area contributed by atoms with Crippen LogP contribution < -0.4 is 0 Å². The summed E-state index contributed by atoms with van der Waals surface area (Å²) in [4.78, 5) is 0. The SMILES string of the molecule is CCC1=Cc2c(ccc(CC)c2-c2cc(C(F)(F)F)cc(C(F)(F)F)c2)[CH]1[Zr]([Cl])([Cl])([CH]1C(CC)=Cc2c1ccc(CC)c2-c1cc(C(F)(F)F)cc(C(F)(F)F)c1)[SiH](C)C. The van der Waals surface area contributed by atoms with Crippen LogP contribution >= 0.6 is 17.0 Å². The number of benzene rings is 4. The molecule has 0 N–H and O–H groups in total. The van der Waals surface area contributed by atoms with Crippen LogP contribution in [0.3, 0.4) is 0 Å². The van der Waals surface area contributed by atoms with E-state index in [9.17, 15) is 52.7 Å². The van der Waals surface area contributed by atoms with Gasteiger partial charge in [0.05, 0.1) is 0 Å². The number of aryl methyl sites for hydroxylation is 2. The summed E-state index contributed by atoms with van der Waals surface area (Å²) >= 11 is -5.73. The molecule has 6 rings (SSSR count). The molecule has 323 valence electrons. The van der Waals surface area contributed by atoms with Crippen molar-refractivity contribution < 1.29 is 68.2 Å². The predicted molar refractivity (Wildman–Crippen MR) is 215 cm³/mol. The van der Waals surface area contributed by atoms with E-state index < -0.39 is 75.7 Å². The molecule has 0 heterocycles. The van der Waals surface area contributed by atoms with E-state index in [1.807, 2.05) is 26.9 Å². The quantitative estimate of drug-likeness (QED) is 0.116. The summed E-state index contributed by atoms with van der Waals surface area (Å²) in [6.45, 7) is 11.2. The molecule has 0 aliphatic heterocycles. The van der Waals surface area contributed by atoms with Gasteiger partial charge in [-0.3, -0.25) is 0 Å². The molecule has 2 atom stereocenters. The average molecular weight is 988 g/mol. The number of allylic oxidation sites excluding steroid dienone is 2. The van der Waals surface area contributed by atoms with Crippen LogP contribution in [0.5, 0.6) is 0 Å². The third-order valence-corrected chi connectivity index (χ3v) is 64.1. The van der Waals surface area contributed by atoms with Crippen LogP contribution in [0.2, 0.25) is 13.1 Å². The summed E-state index contributed by atoms with van der Waals surface area (Å²) in [6.07, 6.45) is -15.5. The molecule has 2 unspecified atom stereocenters. The number of fused-ring (bicyclic) bond motifs is 2. The van der Waals surface area contributed by atoms with Gasteiger partial charge in [0, 0.05) is 0 Å². The number of hydrogen-bond donors (Lipinski definition) is 0. The summed E-state index contributed by atoms with van der Waals surface area (Å²) in [7, 11) is 16.8. The summed E-state index contributed by atoms with van der Waals surface area (Å²) in [5.74, 6) is -2.32. The van der Waals surface area contributed by atoms with Crippen LogP contribution in [0.4, 0.5) is 52.7 Å². The molecule has 2 aliphatic rings. The Hall–Kier alpha value is -2.80. The Morgan fingerprint density at radius 2 is 0.783 bits per heavy atom. The van der Waals surface area contributed by atoms with Gasteiger partial charge >= 0.3 is 351 Å². The first-order chi connectivity index (χ1) is 27.6. The zero-order valence-corrected chi connectivity index (χ0v) is 38.4. The monoisotopic (exact) mass is 985 g/mol. The third kappa shape index (κ3) is 7.91. The van der Waals surface area contributed by atoms with Crippen LogP contribution in [0, 0.1) is 0 Å². The van der Waals surface area contributed by atoms with Gasteiger partial charge in [0.1, 0.15) is 0 Å². The summed E-state index contributed by atoms with van der Waals surface area (Å²) in [6, 6.07) is 10.0. The van der Waals surface area contributed by atoms with Crippen molar-refractivity contribution in [2.75, 3.05) is 0 Å². The molecule has 4 aromatic carbocycles. The molecule has 0 aromatic heterocycles. The van der Waals surface area contributed by atoms with Gasteiger partial charge in [-0.2, -0.15) is 0 Å². The molecule has 0 fully saturated rings. The Labute approximate surface area is 349 Å². The average Bonchev–Trinajstić information content (AvgIpc) is 3.75. The fraction of sp³-hybridized carbons (Fsp3) is 0.364. The van der Waals surface area contributed by atoms with Gasteiger partial charge in [0.15, 0.2) is 0 Å². The molecule has 0 radical (unpaired) electrons. The second-order valence-corrected chi connectivity index (χ2v) is 58.4. The Bertz CT molecular complexity index is 2190. The second kappa shape index (κ2) is 15.8. The van der Waals surface area contributed by atoms with Gasteiger partial charge in [0.2, 0.25) is 0 Å². The van der Waals surface area contributed by atoms with Crippen LogP contribution in [-0.2, 0) is 53.1 Å². The van der Waals surface area contributed by atoms with E-state index in [4.69, 9.17) is 17.0 Å². The predicted octanol–water partition coefficient (Wildman–Crippen LogP) is 16.6. The third-order valence-electron chi connectivity index (χ3n) is 12.3. The van der Waals surface area contributed by atoms with Gasteiger partial charge in [-0.05, 0) is 0 Å². The van der Waals surface area contributed by atoms with Crippen molar-refractivity contribution in [3.05, 3.63) is 127 Å². The molecule has 0 amide bonds. The molecule has 0 spiro atoms. The molecule has 0 saturated heterocycles. The maximum atomic E-state index is 14.2. The van der Waals surface area contributed by atoms with E-state index in [0.29, 0.717) is 46.2 Å². The van der Waals surface area contributed by atoms with Crippen molar-refractivity contribution in [3.8, 4) is 22.3 Å². The normalized spacial score (nSPS) is 18.0. The second-order valence-electron chi connectivity index (χ2n) is 15.9. The fourth-order valence-electron chi connectivity index (χ4n) is 9.33. The molecular formula is C44H41Cl2F12SiZr. The van der Waals surface area contributed by atoms with Crippen LogP contribution in [-0.4, -0.2) is 5.92 Å². The van der Waals surface area contributed by atoms with Gasteiger partial charge in [-0.15, -0.1) is 0 Å². The van der Waals surface area contributed by atoms with Crippen molar-refractivity contribution in [1.29, 1.82) is 0 Å². The first-order valence-corrected chi connectivity index (χ1v) is 35.8. The molecule has 0 nitrogen and oxygen atoms in total. The topological polar surface area (TPSA) is 0 Å². The number of halogens is 14. The van der Waals surface area contributed by atoms with Gasteiger partial charge in [0.25, 0.3) is 0 Å². The van der Waals surface area contributed by atoms with E-state index in [-0.39, 0.29) is 47.2 Å². The van der Waals surface area contributed by atoms with Crippen molar-refractivity contribution in [1.82, 2.24) is 0 Å². The summed E-state index contributed by atoms with van der Waals surface area (Å²) in [5, 5.41) is 0. The van der Waals surface area contributed by atoms with Gasteiger partial charge in [-0.1, -0.05) is 0 Å². The zero-order valence-electron chi connectivity index (χ0n) is 33.3. The van der Waals surface area contributed by atoms with Crippen LogP contribution in [0.25, 0.3) is 34.4 Å². The number of rotatable bonds is 9. The van der Waals surface area contributed by atoms with E-state index in [1.165, 1.54) is 0 Å². The minimum absolute atomic E-state index is 0.0877. The first kappa shape index (κ1) is 46.7. The van der Waals surface area contributed by atoms with Gasteiger partial charge in [-0.25, -0.2) is 0 Å². The van der Waals surface area contributed by atoms with E-state index in [0.717, 1.165) is 35.4 Å². The Kier molecular flexibility index (Phi) is 12.3. The molecule has 60 heavy (non-hydrogen) atoms. The Morgan fingerprint density at radius 3 is 1.02 bits per heavy atom. The van der Waals surface area contributed by atoms with Gasteiger partial charge < -0.3 is 0 Å². The minimum atomic E-state index is -5.73. The van der Waals surface area contributed by atoms with Crippen molar-refractivity contribution in [3.63, 3.8) is 0 Å². The molecule has 16 heteroatoms. The van der Waals surface area contributed by atoms with Crippen molar-refractivity contribution in [2.45, 2.75) is 98.4 Å².